The molecule has 0 aromatic rings. The Morgan fingerprint density at radius 3 is 1.73 bits per heavy atom. The summed E-state index contributed by atoms with van der Waals surface area (Å²) in [6.07, 6.45) is 1.29. The van der Waals surface area contributed by atoms with Gasteiger partial charge in [0.2, 0.25) is 0 Å². The van der Waals surface area contributed by atoms with Gasteiger partial charge >= 0.3 is 11.9 Å². The Morgan fingerprint density at radius 2 is 1.40 bits per heavy atom. The fraction of sp³-hybridized carbons (Fsp3) is 0.800. The summed E-state index contributed by atoms with van der Waals surface area (Å²) < 4.78 is 14.9. The number of hydrogen-bond donors (Lipinski definition) is 0. The Kier molecular flexibility index (Phi) is 2.65. The quantitative estimate of drug-likeness (QED) is 0.611. The molecule has 15 heavy (non-hydrogen) atoms. The lowest BCUT2D eigenvalue weighted by molar-refractivity contribution is -0.157. The maximum Gasteiger partial charge on any atom is 0.312 e. The Labute approximate surface area is 87.7 Å². The molecular weight excluding hydrogens is 200 g/mol. The van der Waals surface area contributed by atoms with Crippen molar-refractivity contribution in [1.82, 2.24) is 0 Å². The average molecular weight is 214 g/mol. The van der Waals surface area contributed by atoms with Gasteiger partial charge in [-0.2, -0.15) is 0 Å². The van der Waals surface area contributed by atoms with Gasteiger partial charge in [-0.3, -0.25) is 9.59 Å². The van der Waals surface area contributed by atoms with Crippen LogP contribution in [0.4, 0.5) is 0 Å². The Bertz CT molecular complexity index is 260. The number of esters is 2. The van der Waals surface area contributed by atoms with Crippen LogP contribution in [0.15, 0.2) is 0 Å². The molecule has 2 bridgehead atoms. The van der Waals surface area contributed by atoms with Gasteiger partial charge in [-0.25, -0.2) is 0 Å². The van der Waals surface area contributed by atoms with Crippen LogP contribution in [0, 0.1) is 11.8 Å². The monoisotopic (exact) mass is 214 g/mol. The van der Waals surface area contributed by atoms with E-state index in [4.69, 9.17) is 4.74 Å². The number of ether oxygens (including phenoxy) is 3. The molecule has 0 amide bonds. The molecule has 0 aromatic heterocycles. The first-order valence-corrected chi connectivity index (χ1v) is 5.00. The van der Waals surface area contributed by atoms with E-state index in [1.54, 1.807) is 0 Å². The second kappa shape index (κ2) is 3.81. The van der Waals surface area contributed by atoms with E-state index in [0.717, 1.165) is 12.8 Å². The van der Waals surface area contributed by atoms with E-state index < -0.39 is 11.8 Å². The first-order valence-electron chi connectivity index (χ1n) is 5.00. The molecule has 4 atom stereocenters. The summed E-state index contributed by atoms with van der Waals surface area (Å²) in [5.41, 5.74) is 0. The molecule has 2 heterocycles. The number of carbonyl (C=O) groups is 2. The van der Waals surface area contributed by atoms with Gasteiger partial charge in [-0.05, 0) is 12.8 Å². The predicted molar refractivity (Wildman–Crippen MR) is 48.9 cm³/mol. The van der Waals surface area contributed by atoms with Gasteiger partial charge in [0.15, 0.2) is 0 Å². The molecule has 0 spiro atoms. The minimum atomic E-state index is -0.485. The minimum absolute atomic E-state index is 0.174. The molecule has 0 aliphatic carbocycles. The smallest absolute Gasteiger partial charge is 0.312 e. The van der Waals surface area contributed by atoms with Crippen LogP contribution in [0.2, 0.25) is 0 Å². The van der Waals surface area contributed by atoms with E-state index in [9.17, 15) is 9.59 Å². The Morgan fingerprint density at radius 1 is 1.00 bits per heavy atom. The third-order valence-corrected chi connectivity index (χ3v) is 3.22. The summed E-state index contributed by atoms with van der Waals surface area (Å²) in [7, 11) is 2.64. The van der Waals surface area contributed by atoms with Crippen LogP contribution in [-0.4, -0.2) is 38.4 Å². The van der Waals surface area contributed by atoms with Gasteiger partial charge in [-0.1, -0.05) is 0 Å². The summed E-state index contributed by atoms with van der Waals surface area (Å²) in [5, 5.41) is 0. The van der Waals surface area contributed by atoms with Crippen molar-refractivity contribution in [2.24, 2.45) is 11.8 Å². The average Bonchev–Trinajstić information content (AvgIpc) is 2.86. The molecule has 2 rings (SSSR count). The Balaban J connectivity index is 2.19. The van der Waals surface area contributed by atoms with E-state index in [0.29, 0.717) is 0 Å². The number of rotatable bonds is 2. The fourth-order valence-electron chi connectivity index (χ4n) is 2.55. The number of hydrogen-bond acceptors (Lipinski definition) is 5. The molecular formula is C10H14O5. The lowest BCUT2D eigenvalue weighted by Gasteiger charge is -2.23. The predicted octanol–water partition coefficient (Wildman–Crippen LogP) is 0.126. The summed E-state index contributed by atoms with van der Waals surface area (Å²) in [4.78, 5) is 23.0. The van der Waals surface area contributed by atoms with E-state index >= 15 is 0 Å². The molecule has 0 aromatic carbocycles. The largest absolute Gasteiger partial charge is 0.469 e. The van der Waals surface area contributed by atoms with Crippen LogP contribution in [-0.2, 0) is 23.8 Å². The van der Waals surface area contributed by atoms with Crippen molar-refractivity contribution in [1.29, 1.82) is 0 Å². The summed E-state index contributed by atoms with van der Waals surface area (Å²) >= 11 is 0. The van der Waals surface area contributed by atoms with Crippen molar-refractivity contribution in [3.63, 3.8) is 0 Å². The van der Waals surface area contributed by atoms with E-state index in [2.05, 4.69) is 9.47 Å². The van der Waals surface area contributed by atoms with Crippen LogP contribution in [0.3, 0.4) is 0 Å². The van der Waals surface area contributed by atoms with Crippen LogP contribution < -0.4 is 0 Å². The Hall–Kier alpha value is -1.10. The summed E-state index contributed by atoms with van der Waals surface area (Å²) in [6.45, 7) is 0. The lowest BCUT2D eigenvalue weighted by atomic mass is 9.79. The highest BCUT2D eigenvalue weighted by Gasteiger charge is 2.56. The van der Waals surface area contributed by atoms with Gasteiger partial charge in [-0.15, -0.1) is 0 Å². The fourth-order valence-corrected chi connectivity index (χ4v) is 2.55. The van der Waals surface area contributed by atoms with Crippen molar-refractivity contribution in [3.05, 3.63) is 0 Å². The molecule has 2 unspecified atom stereocenters. The maximum absolute atomic E-state index is 11.5. The van der Waals surface area contributed by atoms with Crippen LogP contribution in [0.25, 0.3) is 0 Å². The molecule has 84 valence electrons. The first-order chi connectivity index (χ1) is 7.19. The highest BCUT2D eigenvalue weighted by Crippen LogP contribution is 2.44. The van der Waals surface area contributed by atoms with E-state index in [1.807, 2.05) is 0 Å². The highest BCUT2D eigenvalue weighted by molar-refractivity contribution is 5.84. The zero-order valence-electron chi connectivity index (χ0n) is 8.76. The van der Waals surface area contributed by atoms with Crippen LogP contribution in [0.1, 0.15) is 12.8 Å². The van der Waals surface area contributed by atoms with Crippen molar-refractivity contribution < 1.29 is 23.8 Å². The molecule has 2 aliphatic heterocycles. The van der Waals surface area contributed by atoms with Gasteiger partial charge in [0, 0.05) is 0 Å². The zero-order chi connectivity index (χ0) is 11.0. The second-order valence-corrected chi connectivity index (χ2v) is 3.89. The molecule has 2 saturated heterocycles. The van der Waals surface area contributed by atoms with Gasteiger partial charge < -0.3 is 14.2 Å². The third-order valence-electron chi connectivity index (χ3n) is 3.22. The second-order valence-electron chi connectivity index (χ2n) is 3.89. The van der Waals surface area contributed by atoms with Crippen LogP contribution >= 0.6 is 0 Å². The van der Waals surface area contributed by atoms with Crippen molar-refractivity contribution in [3.8, 4) is 0 Å². The number of methoxy groups -OCH3 is 2. The molecule has 5 nitrogen and oxygen atoms in total. The van der Waals surface area contributed by atoms with E-state index in [-0.39, 0.29) is 24.1 Å². The summed E-state index contributed by atoms with van der Waals surface area (Å²) in [6, 6.07) is 0. The van der Waals surface area contributed by atoms with Gasteiger partial charge in [0.25, 0.3) is 0 Å². The first kappa shape index (κ1) is 10.4. The molecule has 2 aliphatic rings. The van der Waals surface area contributed by atoms with Gasteiger partial charge in [0.1, 0.15) is 0 Å². The normalized spacial score (nSPS) is 37.7. The molecule has 5 heteroatoms. The topological polar surface area (TPSA) is 61.8 Å². The standard InChI is InChI=1S/C10H14O5/c1-13-9(11)7-5-3-4-6(15-5)8(7)10(12)14-2/h5-8H,3-4H2,1-2H3/t5?,6?,7-,8+. The number of fused-ring (bicyclic) bond motifs is 2. The van der Waals surface area contributed by atoms with Gasteiger partial charge in [0.05, 0.1) is 38.3 Å². The van der Waals surface area contributed by atoms with E-state index in [1.165, 1.54) is 14.2 Å². The number of carbonyl (C=O) groups excluding carboxylic acids is 2. The van der Waals surface area contributed by atoms with Crippen molar-refractivity contribution in [2.75, 3.05) is 14.2 Å². The maximum atomic E-state index is 11.5. The van der Waals surface area contributed by atoms with Crippen LogP contribution in [0.5, 0.6) is 0 Å². The lowest BCUT2D eigenvalue weighted by Crippen LogP contribution is -2.39. The minimum Gasteiger partial charge on any atom is -0.469 e. The SMILES string of the molecule is COC(=O)[C@@H]1C2CCC(O2)[C@@H]1C(=O)OC. The molecule has 0 saturated carbocycles. The third kappa shape index (κ3) is 1.51. The van der Waals surface area contributed by atoms with Crippen molar-refractivity contribution >= 4 is 11.9 Å². The summed E-state index contributed by atoms with van der Waals surface area (Å²) in [5.74, 6) is -1.72. The molecule has 2 fully saturated rings. The molecule has 0 N–H and O–H groups in total. The molecule has 0 radical (unpaired) electrons. The zero-order valence-corrected chi connectivity index (χ0v) is 8.76. The highest BCUT2D eigenvalue weighted by atomic mass is 16.6. The van der Waals surface area contributed by atoms with Crippen molar-refractivity contribution in [2.45, 2.75) is 25.0 Å².